The molecule has 4 aromatic rings. The molecule has 0 radical (unpaired) electrons. The quantitative estimate of drug-likeness (QED) is 0.364. The number of rotatable bonds is 5. The van der Waals surface area contributed by atoms with Crippen molar-refractivity contribution in [3.63, 3.8) is 0 Å². The lowest BCUT2D eigenvalue weighted by Crippen LogP contribution is -2.26. The number of carbonyl (C=O) groups excluding carboxylic acids is 1. The highest BCUT2D eigenvalue weighted by molar-refractivity contribution is 7.92. The summed E-state index contributed by atoms with van der Waals surface area (Å²) >= 11 is 7.49. The van der Waals surface area contributed by atoms with Crippen LogP contribution in [0.15, 0.2) is 71.6 Å². The second kappa shape index (κ2) is 8.58. The van der Waals surface area contributed by atoms with Crippen molar-refractivity contribution in [1.29, 1.82) is 0 Å². The van der Waals surface area contributed by atoms with Gasteiger partial charge in [0.05, 0.1) is 15.5 Å². The van der Waals surface area contributed by atoms with Gasteiger partial charge in [-0.2, -0.15) is 0 Å². The van der Waals surface area contributed by atoms with Crippen molar-refractivity contribution in [2.75, 3.05) is 16.7 Å². The van der Waals surface area contributed by atoms with Crippen LogP contribution in [0.5, 0.6) is 0 Å². The van der Waals surface area contributed by atoms with Crippen molar-refractivity contribution in [3.05, 3.63) is 87.8 Å². The smallest absolute Gasteiger partial charge is 0.265 e. The molecule has 0 saturated heterocycles. The van der Waals surface area contributed by atoms with Crippen LogP contribution < -0.4 is 9.62 Å². The fourth-order valence-electron chi connectivity index (χ4n) is 3.21. The van der Waals surface area contributed by atoms with E-state index in [9.17, 15) is 13.2 Å². The average Bonchev–Trinajstić information content (AvgIpc) is 3.19. The van der Waals surface area contributed by atoms with Gasteiger partial charge in [0.15, 0.2) is 0 Å². The van der Waals surface area contributed by atoms with Crippen LogP contribution in [0, 0.1) is 13.8 Å². The first-order valence-corrected chi connectivity index (χ1v) is 12.5. The maximum atomic E-state index is 13.0. The Morgan fingerprint density at radius 3 is 2.38 bits per heavy atom. The van der Waals surface area contributed by atoms with Crippen LogP contribution in [-0.2, 0) is 10.0 Å². The van der Waals surface area contributed by atoms with Gasteiger partial charge < -0.3 is 5.32 Å². The fourth-order valence-corrected chi connectivity index (χ4v) is 5.52. The number of aryl methyl sites for hydroxylation is 2. The highest BCUT2D eigenvalue weighted by atomic mass is 35.5. The summed E-state index contributed by atoms with van der Waals surface area (Å²) in [5.74, 6) is -0.242. The topological polar surface area (TPSA) is 66.5 Å². The zero-order chi connectivity index (χ0) is 23.0. The van der Waals surface area contributed by atoms with E-state index in [0.29, 0.717) is 21.3 Å². The molecule has 0 bridgehead atoms. The highest BCUT2D eigenvalue weighted by Crippen LogP contribution is 2.32. The molecule has 0 aliphatic heterocycles. The number of benzene rings is 3. The molecule has 0 spiro atoms. The third-order valence-corrected chi connectivity index (χ3v) is 8.52. The number of thiophene rings is 1. The second-order valence-corrected chi connectivity index (χ2v) is 11.0. The molecular weight excluding hydrogens is 464 g/mol. The Balaban J connectivity index is 1.60. The molecule has 0 fully saturated rings. The zero-order valence-corrected chi connectivity index (χ0v) is 20.1. The molecule has 1 aromatic heterocycles. The fraction of sp³-hybridized carbons (Fsp3) is 0.125. The van der Waals surface area contributed by atoms with Gasteiger partial charge in [0, 0.05) is 22.5 Å². The number of hydrogen-bond donors (Lipinski definition) is 1. The minimum absolute atomic E-state index is 0.229. The number of carbonyl (C=O) groups is 1. The molecule has 32 heavy (non-hydrogen) atoms. The summed E-state index contributed by atoms with van der Waals surface area (Å²) in [6.07, 6.45) is 0. The van der Waals surface area contributed by atoms with E-state index in [-0.39, 0.29) is 10.8 Å². The summed E-state index contributed by atoms with van der Waals surface area (Å²) in [4.78, 5) is 13.5. The van der Waals surface area contributed by atoms with Gasteiger partial charge in [-0.3, -0.25) is 9.10 Å². The Morgan fingerprint density at radius 2 is 1.69 bits per heavy atom. The molecule has 0 aliphatic carbocycles. The van der Waals surface area contributed by atoms with Crippen LogP contribution in [0.4, 0.5) is 11.4 Å². The third-order valence-electron chi connectivity index (χ3n) is 5.20. The number of nitrogens with zero attached hydrogens (tertiary/aromatic N) is 1. The predicted octanol–water partition coefficient (Wildman–Crippen LogP) is 6.25. The van der Waals surface area contributed by atoms with E-state index in [2.05, 4.69) is 5.32 Å². The lowest BCUT2D eigenvalue weighted by atomic mass is 10.2. The molecule has 1 N–H and O–H groups in total. The van der Waals surface area contributed by atoms with Gasteiger partial charge in [0.25, 0.3) is 15.9 Å². The normalized spacial score (nSPS) is 11.5. The van der Waals surface area contributed by atoms with E-state index in [0.717, 1.165) is 21.2 Å². The van der Waals surface area contributed by atoms with Gasteiger partial charge in [-0.25, -0.2) is 8.42 Å². The number of fused-ring (bicyclic) bond motifs is 1. The summed E-state index contributed by atoms with van der Waals surface area (Å²) in [6.45, 7) is 3.80. The van der Waals surface area contributed by atoms with Crippen molar-refractivity contribution in [1.82, 2.24) is 0 Å². The summed E-state index contributed by atoms with van der Waals surface area (Å²) in [5.41, 5.74) is 3.06. The van der Waals surface area contributed by atoms with Crippen LogP contribution in [0.2, 0.25) is 5.02 Å². The Kier molecular flexibility index (Phi) is 5.99. The molecule has 3 aromatic carbocycles. The van der Waals surface area contributed by atoms with Gasteiger partial charge in [0.1, 0.15) is 0 Å². The molecule has 0 atom stereocenters. The molecule has 1 heterocycles. The van der Waals surface area contributed by atoms with Crippen molar-refractivity contribution in [3.8, 4) is 0 Å². The lowest BCUT2D eigenvalue weighted by molar-refractivity contribution is 0.103. The Hall–Kier alpha value is -2.87. The van der Waals surface area contributed by atoms with Crippen LogP contribution in [0.3, 0.4) is 0 Å². The molecule has 4 rings (SSSR count). The van der Waals surface area contributed by atoms with E-state index >= 15 is 0 Å². The molecule has 0 aliphatic rings. The predicted molar refractivity (Wildman–Crippen MR) is 133 cm³/mol. The van der Waals surface area contributed by atoms with Gasteiger partial charge >= 0.3 is 0 Å². The minimum Gasteiger partial charge on any atom is -0.321 e. The summed E-state index contributed by atoms with van der Waals surface area (Å²) in [6, 6.07) is 19.2. The average molecular weight is 485 g/mol. The van der Waals surface area contributed by atoms with Crippen molar-refractivity contribution < 1.29 is 13.2 Å². The standard InChI is InChI=1S/C24H21ClN2O3S2/c1-15-4-9-20(10-5-15)32(29,30)27(3)19-8-11-22-17(12-19)13-23(31-22)24(28)26-18-7-6-16(2)21(25)14-18/h4-14H,1-3H3,(H,26,28). The highest BCUT2D eigenvalue weighted by Gasteiger charge is 2.22. The van der Waals surface area contributed by atoms with E-state index in [1.54, 1.807) is 54.6 Å². The van der Waals surface area contributed by atoms with Crippen LogP contribution in [0.25, 0.3) is 10.1 Å². The first-order valence-electron chi connectivity index (χ1n) is 9.82. The number of sulfonamides is 1. The van der Waals surface area contributed by atoms with Crippen LogP contribution >= 0.6 is 22.9 Å². The number of anilines is 2. The van der Waals surface area contributed by atoms with E-state index < -0.39 is 10.0 Å². The monoisotopic (exact) mass is 484 g/mol. The molecule has 1 amide bonds. The van der Waals surface area contributed by atoms with Crippen molar-refractivity contribution >= 4 is 60.3 Å². The first kappa shape index (κ1) is 22.3. The van der Waals surface area contributed by atoms with E-state index in [4.69, 9.17) is 11.6 Å². The number of nitrogens with one attached hydrogen (secondary N) is 1. The number of amides is 1. The van der Waals surface area contributed by atoms with E-state index in [1.807, 2.05) is 26.0 Å². The Bertz CT molecular complexity index is 1430. The summed E-state index contributed by atoms with van der Waals surface area (Å²) < 4.78 is 28.1. The third kappa shape index (κ3) is 4.37. The molecule has 0 unspecified atom stereocenters. The number of halogens is 1. The molecule has 8 heteroatoms. The van der Waals surface area contributed by atoms with Gasteiger partial charge in [-0.15, -0.1) is 11.3 Å². The van der Waals surface area contributed by atoms with E-state index in [1.165, 1.54) is 22.7 Å². The summed E-state index contributed by atoms with van der Waals surface area (Å²) in [7, 11) is -2.17. The van der Waals surface area contributed by atoms with Gasteiger partial charge in [0.2, 0.25) is 0 Å². The Labute approximate surface area is 196 Å². The summed E-state index contributed by atoms with van der Waals surface area (Å²) in [5, 5.41) is 4.24. The molecule has 164 valence electrons. The SMILES string of the molecule is Cc1ccc(S(=O)(=O)N(C)c2ccc3sc(C(=O)Nc4ccc(C)c(Cl)c4)cc3c2)cc1. The lowest BCUT2D eigenvalue weighted by Gasteiger charge is -2.19. The largest absolute Gasteiger partial charge is 0.321 e. The minimum atomic E-state index is -3.69. The maximum Gasteiger partial charge on any atom is 0.265 e. The second-order valence-electron chi connectivity index (χ2n) is 7.54. The van der Waals surface area contributed by atoms with Crippen LogP contribution in [0.1, 0.15) is 20.8 Å². The maximum absolute atomic E-state index is 13.0. The zero-order valence-electron chi connectivity index (χ0n) is 17.7. The molecular formula is C24H21ClN2O3S2. The number of hydrogen-bond acceptors (Lipinski definition) is 4. The van der Waals surface area contributed by atoms with Crippen LogP contribution in [-0.4, -0.2) is 21.4 Å². The first-order chi connectivity index (χ1) is 15.1. The molecule has 0 saturated carbocycles. The van der Waals surface area contributed by atoms with Crippen molar-refractivity contribution in [2.24, 2.45) is 0 Å². The molecule has 5 nitrogen and oxygen atoms in total. The van der Waals surface area contributed by atoms with Gasteiger partial charge in [-0.05, 0) is 73.3 Å². The van der Waals surface area contributed by atoms with Gasteiger partial charge in [-0.1, -0.05) is 35.4 Å². The Morgan fingerprint density at radius 1 is 0.969 bits per heavy atom. The van der Waals surface area contributed by atoms with Crippen molar-refractivity contribution in [2.45, 2.75) is 18.7 Å².